The maximum Gasteiger partial charge on any atom is 0.0653 e. The number of hydrogen-bond acceptors (Lipinski definition) is 4. The Bertz CT molecular complexity index is 1120. The van der Waals surface area contributed by atoms with E-state index in [0.29, 0.717) is 11.8 Å². The summed E-state index contributed by atoms with van der Waals surface area (Å²) in [7, 11) is 0. The molecule has 2 aromatic heterocycles. The topological polar surface area (TPSA) is 63.8 Å². The number of aromatic amines is 2. The molecule has 2 atom stereocenters. The SMILES string of the molecule is CC[C@@H](C)N1CC(c2cccc3[nH]ncc23)C1.CC[C@H](C)N1CC(c2cccc3[nH]ncc23)C1. The van der Waals surface area contributed by atoms with Gasteiger partial charge in [0.2, 0.25) is 0 Å². The number of hydrogen-bond donors (Lipinski definition) is 2. The second kappa shape index (κ2) is 9.88. The summed E-state index contributed by atoms with van der Waals surface area (Å²) in [6, 6.07) is 14.4. The lowest BCUT2D eigenvalue weighted by molar-refractivity contribution is 0.0988. The maximum absolute atomic E-state index is 4.13. The molecule has 2 aromatic carbocycles. The molecular weight excluding hydrogens is 420 g/mol. The Balaban J connectivity index is 0.000000142. The number of nitrogens with one attached hydrogen (secondary N) is 2. The standard InChI is InChI=1S/2C14H19N3/c2*1-3-10(2)17-8-11(9-17)12-5-4-6-14-13(12)7-15-16-14/h2*4-7,10-11H,3,8-9H2,1-2H3,(H,15,16)/t2*10-/m10/s1. The molecule has 2 saturated heterocycles. The Morgan fingerprint density at radius 2 is 1.15 bits per heavy atom. The molecule has 4 aromatic rings. The summed E-state index contributed by atoms with van der Waals surface area (Å²) in [4.78, 5) is 5.12. The van der Waals surface area contributed by atoms with Crippen molar-refractivity contribution in [2.75, 3.05) is 26.2 Å². The zero-order valence-electron chi connectivity index (χ0n) is 21.0. The third-order valence-electron chi connectivity index (χ3n) is 8.16. The average molecular weight is 459 g/mol. The summed E-state index contributed by atoms with van der Waals surface area (Å²) >= 11 is 0. The fourth-order valence-electron chi connectivity index (χ4n) is 5.35. The van der Waals surface area contributed by atoms with Crippen LogP contribution in [0.3, 0.4) is 0 Å². The van der Waals surface area contributed by atoms with Gasteiger partial charge in [-0.2, -0.15) is 10.2 Å². The van der Waals surface area contributed by atoms with Gasteiger partial charge in [0.05, 0.1) is 23.4 Å². The largest absolute Gasteiger partial charge is 0.299 e. The van der Waals surface area contributed by atoms with Crippen LogP contribution >= 0.6 is 0 Å². The summed E-state index contributed by atoms with van der Waals surface area (Å²) in [6.07, 6.45) is 6.39. The Labute approximate surface area is 202 Å². The van der Waals surface area contributed by atoms with E-state index in [4.69, 9.17) is 0 Å². The van der Waals surface area contributed by atoms with Crippen LogP contribution in [0, 0.1) is 0 Å². The van der Waals surface area contributed by atoms with E-state index in [2.05, 4.69) is 94.3 Å². The first-order valence-electron chi connectivity index (χ1n) is 12.9. The first kappa shape index (κ1) is 23.1. The minimum atomic E-state index is 0.685. The predicted molar refractivity (Wildman–Crippen MR) is 140 cm³/mol. The fraction of sp³-hybridized carbons (Fsp3) is 0.500. The summed E-state index contributed by atoms with van der Waals surface area (Å²) in [5.41, 5.74) is 5.22. The van der Waals surface area contributed by atoms with Crippen molar-refractivity contribution in [3.63, 3.8) is 0 Å². The van der Waals surface area contributed by atoms with Crippen LogP contribution in [-0.2, 0) is 0 Å². The molecule has 0 unspecified atom stereocenters. The summed E-state index contributed by atoms with van der Waals surface area (Å²) in [6.45, 7) is 13.9. The molecule has 34 heavy (non-hydrogen) atoms. The van der Waals surface area contributed by atoms with E-state index in [1.165, 1.54) is 60.9 Å². The number of fused-ring (bicyclic) bond motifs is 2. The molecular formula is C28H38N6. The minimum absolute atomic E-state index is 0.685. The number of aromatic nitrogens is 4. The van der Waals surface area contributed by atoms with Crippen molar-refractivity contribution >= 4 is 21.8 Å². The van der Waals surface area contributed by atoms with E-state index in [1.807, 2.05) is 12.4 Å². The Kier molecular flexibility index (Phi) is 6.70. The molecule has 0 spiro atoms. The van der Waals surface area contributed by atoms with Crippen molar-refractivity contribution in [1.29, 1.82) is 0 Å². The van der Waals surface area contributed by atoms with Gasteiger partial charge in [0, 0.05) is 60.9 Å². The first-order valence-corrected chi connectivity index (χ1v) is 12.9. The van der Waals surface area contributed by atoms with Crippen LogP contribution < -0.4 is 0 Å². The highest BCUT2D eigenvalue weighted by molar-refractivity contribution is 5.83. The lowest BCUT2D eigenvalue weighted by atomic mass is 9.88. The Morgan fingerprint density at radius 3 is 1.53 bits per heavy atom. The van der Waals surface area contributed by atoms with Gasteiger partial charge >= 0.3 is 0 Å². The molecule has 180 valence electrons. The van der Waals surface area contributed by atoms with Gasteiger partial charge in [-0.05, 0) is 49.9 Å². The second-order valence-corrected chi connectivity index (χ2v) is 10.2. The van der Waals surface area contributed by atoms with Crippen molar-refractivity contribution in [1.82, 2.24) is 30.2 Å². The molecule has 6 heteroatoms. The van der Waals surface area contributed by atoms with E-state index in [-0.39, 0.29) is 0 Å². The van der Waals surface area contributed by atoms with Crippen LogP contribution in [0.5, 0.6) is 0 Å². The lowest BCUT2D eigenvalue weighted by Gasteiger charge is -2.43. The van der Waals surface area contributed by atoms with E-state index in [1.54, 1.807) is 0 Å². The summed E-state index contributed by atoms with van der Waals surface area (Å²) in [5.74, 6) is 1.37. The van der Waals surface area contributed by atoms with Gasteiger partial charge in [-0.15, -0.1) is 0 Å². The molecule has 0 bridgehead atoms. The molecule has 0 radical (unpaired) electrons. The number of H-pyrrole nitrogens is 2. The van der Waals surface area contributed by atoms with Crippen molar-refractivity contribution in [3.8, 4) is 0 Å². The maximum atomic E-state index is 4.13. The average Bonchev–Trinajstić information content (AvgIpc) is 3.47. The normalized spacial score (nSPS) is 19.4. The number of rotatable bonds is 6. The van der Waals surface area contributed by atoms with Crippen LogP contribution in [0.25, 0.3) is 21.8 Å². The zero-order chi connectivity index (χ0) is 23.7. The fourth-order valence-corrected chi connectivity index (χ4v) is 5.35. The third kappa shape index (κ3) is 4.37. The van der Waals surface area contributed by atoms with Gasteiger partial charge in [-0.3, -0.25) is 20.0 Å². The van der Waals surface area contributed by atoms with Crippen molar-refractivity contribution in [2.24, 2.45) is 0 Å². The van der Waals surface area contributed by atoms with Crippen LogP contribution in [0.2, 0.25) is 0 Å². The Hall–Kier alpha value is -2.70. The molecule has 0 saturated carbocycles. The molecule has 2 aliphatic heterocycles. The smallest absolute Gasteiger partial charge is 0.0653 e. The van der Waals surface area contributed by atoms with Crippen LogP contribution in [0.1, 0.15) is 63.5 Å². The highest BCUT2D eigenvalue weighted by Gasteiger charge is 2.32. The van der Waals surface area contributed by atoms with Crippen LogP contribution in [0.15, 0.2) is 48.8 Å². The van der Waals surface area contributed by atoms with Gasteiger partial charge in [0.25, 0.3) is 0 Å². The second-order valence-electron chi connectivity index (χ2n) is 10.2. The van der Waals surface area contributed by atoms with Crippen molar-refractivity contribution in [2.45, 2.75) is 64.5 Å². The Morgan fingerprint density at radius 1 is 0.735 bits per heavy atom. The molecule has 6 nitrogen and oxygen atoms in total. The molecule has 2 fully saturated rings. The van der Waals surface area contributed by atoms with Gasteiger partial charge < -0.3 is 0 Å². The predicted octanol–water partition coefficient (Wildman–Crippen LogP) is 5.52. The number of nitrogens with zero attached hydrogens (tertiary/aromatic N) is 4. The van der Waals surface area contributed by atoms with Gasteiger partial charge in [-0.1, -0.05) is 38.1 Å². The molecule has 0 amide bonds. The molecule has 0 aliphatic carbocycles. The third-order valence-corrected chi connectivity index (χ3v) is 8.16. The van der Waals surface area contributed by atoms with Gasteiger partial charge in [-0.25, -0.2) is 0 Å². The van der Waals surface area contributed by atoms with Crippen molar-refractivity contribution < 1.29 is 0 Å². The monoisotopic (exact) mass is 458 g/mol. The molecule has 2 N–H and O–H groups in total. The number of benzene rings is 2. The van der Waals surface area contributed by atoms with Gasteiger partial charge in [0.1, 0.15) is 0 Å². The highest BCUT2D eigenvalue weighted by Crippen LogP contribution is 2.34. The minimum Gasteiger partial charge on any atom is -0.299 e. The summed E-state index contributed by atoms with van der Waals surface area (Å²) in [5, 5.41) is 16.9. The van der Waals surface area contributed by atoms with E-state index in [0.717, 1.165) is 23.1 Å². The molecule has 2 aliphatic rings. The number of likely N-dealkylation sites (tertiary alicyclic amines) is 2. The van der Waals surface area contributed by atoms with Gasteiger partial charge in [0.15, 0.2) is 0 Å². The van der Waals surface area contributed by atoms with Crippen LogP contribution in [0.4, 0.5) is 0 Å². The van der Waals surface area contributed by atoms with E-state index in [9.17, 15) is 0 Å². The first-order chi connectivity index (χ1) is 16.6. The van der Waals surface area contributed by atoms with Crippen LogP contribution in [-0.4, -0.2) is 68.5 Å². The summed E-state index contributed by atoms with van der Waals surface area (Å²) < 4.78 is 0. The zero-order valence-corrected chi connectivity index (χ0v) is 21.0. The lowest BCUT2D eigenvalue weighted by Crippen LogP contribution is -2.49. The van der Waals surface area contributed by atoms with E-state index < -0.39 is 0 Å². The van der Waals surface area contributed by atoms with E-state index >= 15 is 0 Å². The quantitative estimate of drug-likeness (QED) is 0.399. The molecule has 4 heterocycles. The molecule has 6 rings (SSSR count). The van der Waals surface area contributed by atoms with Crippen molar-refractivity contribution in [3.05, 3.63) is 59.9 Å². The highest BCUT2D eigenvalue weighted by atomic mass is 15.2.